The van der Waals surface area contributed by atoms with E-state index in [9.17, 15) is 34.1 Å². The minimum Gasteiger partial charge on any atom is -0.480 e. The van der Waals surface area contributed by atoms with E-state index in [2.05, 4.69) is 92.1 Å². The molecule has 0 heterocycles. The van der Waals surface area contributed by atoms with E-state index in [1.165, 1.54) is 51.4 Å². The molecule has 59 heavy (non-hydrogen) atoms. The fourth-order valence-corrected chi connectivity index (χ4v) is 6.56. The molecule has 0 aliphatic carbocycles. The summed E-state index contributed by atoms with van der Waals surface area (Å²) in [6.45, 7) is 2.43. The number of ether oxygens (including phenoxy) is 1. The first kappa shape index (κ1) is 55.9. The van der Waals surface area contributed by atoms with E-state index in [4.69, 9.17) is 13.8 Å². The minimum atomic E-state index is -4.76. The number of hydrogen-bond acceptors (Lipinski definition) is 8. The Morgan fingerprint density at radius 2 is 0.983 bits per heavy atom. The predicted molar refractivity (Wildman–Crippen MR) is 240 cm³/mol. The van der Waals surface area contributed by atoms with Crippen molar-refractivity contribution in [2.24, 2.45) is 0 Å². The quantitative estimate of drug-likeness (QED) is 0.0201. The summed E-state index contributed by atoms with van der Waals surface area (Å²) in [5.74, 6) is -2.40. The lowest BCUT2D eigenvalue weighted by Crippen LogP contribution is -2.43. The van der Waals surface area contributed by atoms with Gasteiger partial charge in [0.15, 0.2) is 6.04 Å². The fourth-order valence-electron chi connectivity index (χ4n) is 5.79. The number of phosphoric ester groups is 1. The Morgan fingerprint density at radius 1 is 0.559 bits per heavy atom. The van der Waals surface area contributed by atoms with Gasteiger partial charge in [-0.25, -0.2) is 9.36 Å². The molecule has 0 aliphatic rings. The first-order valence-corrected chi connectivity index (χ1v) is 24.0. The summed E-state index contributed by atoms with van der Waals surface area (Å²) >= 11 is 0. The molecule has 0 bridgehead atoms. The third-order valence-electron chi connectivity index (χ3n) is 9.26. The number of esters is 1. The first-order chi connectivity index (χ1) is 28.6. The number of nitrogens with one attached hydrogen (secondary N) is 1. The molecule has 0 spiro atoms. The number of phosphoric acid groups is 1. The van der Waals surface area contributed by atoms with Crippen LogP contribution in [0.15, 0.2) is 72.9 Å². The molecule has 0 fully saturated rings. The molecule has 0 saturated heterocycles. The van der Waals surface area contributed by atoms with Crippen molar-refractivity contribution in [3.8, 4) is 0 Å². The molecule has 0 aromatic rings. The van der Waals surface area contributed by atoms with Gasteiger partial charge in [-0.05, 0) is 64.2 Å². The molecule has 338 valence electrons. The van der Waals surface area contributed by atoms with Gasteiger partial charge < -0.3 is 25.2 Å². The summed E-state index contributed by atoms with van der Waals surface area (Å²) in [5, 5.41) is 21.8. The van der Waals surface area contributed by atoms with Crippen LogP contribution >= 0.6 is 7.82 Å². The Kier molecular flexibility index (Phi) is 39.5. The van der Waals surface area contributed by atoms with E-state index in [1.54, 1.807) is 0 Å². The zero-order valence-corrected chi connectivity index (χ0v) is 37.4. The zero-order chi connectivity index (χ0) is 43.5. The van der Waals surface area contributed by atoms with Crippen LogP contribution in [0.1, 0.15) is 174 Å². The Bertz CT molecular complexity index is 1280. The lowest BCUT2D eigenvalue weighted by Gasteiger charge is -2.18. The third-order valence-corrected chi connectivity index (χ3v) is 10.2. The van der Waals surface area contributed by atoms with E-state index >= 15 is 0 Å². The van der Waals surface area contributed by atoms with E-state index in [0.717, 1.165) is 83.5 Å². The van der Waals surface area contributed by atoms with Crippen LogP contribution in [0, 0.1) is 0 Å². The SMILES string of the molecule is CC/C=C\C/C=C\C/C=C\C/C=C\C/C=C\C/C=C\CCCCCCC(=O)OCC(O)COP(=O)(O)OCC(NC(=O)CCCCCCCCCCCCCC)C(=O)O. The van der Waals surface area contributed by atoms with Crippen LogP contribution in [-0.4, -0.2) is 64.9 Å². The number of aliphatic carboxylic acids is 1. The number of aliphatic hydroxyl groups is 1. The molecular formula is C47H80NO10P. The van der Waals surface area contributed by atoms with Crippen LogP contribution in [0.2, 0.25) is 0 Å². The van der Waals surface area contributed by atoms with Crippen LogP contribution in [0.5, 0.6) is 0 Å². The number of carbonyl (C=O) groups excluding carboxylic acids is 2. The topological polar surface area (TPSA) is 169 Å². The number of hydrogen-bond donors (Lipinski definition) is 4. The number of rotatable bonds is 41. The Labute approximate surface area is 357 Å². The average Bonchev–Trinajstić information content (AvgIpc) is 3.21. The average molecular weight is 850 g/mol. The normalized spacial score (nSPS) is 14.4. The van der Waals surface area contributed by atoms with Gasteiger partial charge in [-0.3, -0.25) is 18.6 Å². The molecule has 3 unspecified atom stereocenters. The lowest BCUT2D eigenvalue weighted by atomic mass is 10.0. The molecule has 0 saturated carbocycles. The number of carboxylic acid groups (broad SMARTS) is 1. The van der Waals surface area contributed by atoms with Gasteiger partial charge in [0.25, 0.3) is 0 Å². The van der Waals surface area contributed by atoms with Crippen molar-refractivity contribution < 1.29 is 47.8 Å². The van der Waals surface area contributed by atoms with Crippen molar-refractivity contribution >= 4 is 25.7 Å². The standard InChI is InChI=1S/C47H80NO10P/c1-3-5-7-9-11-13-15-17-18-19-20-21-22-23-24-25-26-27-29-31-33-35-37-39-46(51)56-40-43(49)41-57-59(54,55)58-42-44(47(52)53)48-45(50)38-36-34-32-30-28-16-14-12-10-8-6-4-2/h5,7,11,13,17-18,20-21,23-24,26-27,43-44,49H,3-4,6,8-10,12,14-16,19,22,25,28-42H2,1-2H3,(H,48,50)(H,52,53)(H,54,55)/b7-5-,13-11-,18-17-,21-20-,24-23-,27-26-. The van der Waals surface area contributed by atoms with Crippen molar-refractivity contribution in [1.82, 2.24) is 5.32 Å². The Hall–Kier alpha value is -3.08. The van der Waals surface area contributed by atoms with Gasteiger partial charge in [0.1, 0.15) is 12.7 Å². The van der Waals surface area contributed by atoms with Gasteiger partial charge in [0.05, 0.1) is 13.2 Å². The molecule has 4 N–H and O–H groups in total. The zero-order valence-electron chi connectivity index (χ0n) is 36.5. The van der Waals surface area contributed by atoms with Crippen LogP contribution in [0.25, 0.3) is 0 Å². The summed E-state index contributed by atoms with van der Waals surface area (Å²) in [4.78, 5) is 45.9. The first-order valence-electron chi connectivity index (χ1n) is 22.5. The fraction of sp³-hybridized carbons (Fsp3) is 0.681. The molecule has 11 nitrogen and oxygen atoms in total. The van der Waals surface area contributed by atoms with E-state index in [1.807, 2.05) is 0 Å². The number of unbranched alkanes of at least 4 members (excludes halogenated alkanes) is 15. The molecule has 0 aromatic carbocycles. The van der Waals surface area contributed by atoms with E-state index < -0.39 is 57.6 Å². The molecule has 0 aliphatic heterocycles. The van der Waals surface area contributed by atoms with Crippen LogP contribution in [0.4, 0.5) is 0 Å². The smallest absolute Gasteiger partial charge is 0.472 e. The Morgan fingerprint density at radius 3 is 1.47 bits per heavy atom. The summed E-state index contributed by atoms with van der Waals surface area (Å²) in [6.07, 6.45) is 49.3. The molecule has 12 heteroatoms. The summed E-state index contributed by atoms with van der Waals surface area (Å²) in [6, 6.07) is -1.55. The van der Waals surface area contributed by atoms with Crippen LogP contribution in [-0.2, 0) is 32.7 Å². The van der Waals surface area contributed by atoms with Gasteiger partial charge in [-0.2, -0.15) is 0 Å². The summed E-state index contributed by atoms with van der Waals surface area (Å²) in [7, 11) is -4.76. The van der Waals surface area contributed by atoms with Gasteiger partial charge in [0, 0.05) is 12.8 Å². The number of carboxylic acids is 1. The summed E-state index contributed by atoms with van der Waals surface area (Å²) in [5.41, 5.74) is 0. The van der Waals surface area contributed by atoms with Gasteiger partial charge in [0.2, 0.25) is 5.91 Å². The Balaban J connectivity index is 3.93. The largest absolute Gasteiger partial charge is 0.480 e. The highest BCUT2D eigenvalue weighted by atomic mass is 31.2. The number of carbonyl (C=O) groups is 3. The minimum absolute atomic E-state index is 0.143. The third kappa shape index (κ3) is 41.4. The molecule has 1 amide bonds. The van der Waals surface area contributed by atoms with Crippen LogP contribution < -0.4 is 5.32 Å². The predicted octanol–water partition coefficient (Wildman–Crippen LogP) is 11.7. The second kappa shape index (κ2) is 41.6. The molecule has 0 aromatic heterocycles. The molecule has 3 atom stereocenters. The van der Waals surface area contributed by atoms with E-state index in [-0.39, 0.29) is 12.8 Å². The number of allylic oxidation sites excluding steroid dienone is 12. The molecular weight excluding hydrogens is 769 g/mol. The van der Waals surface area contributed by atoms with Crippen molar-refractivity contribution in [1.29, 1.82) is 0 Å². The van der Waals surface area contributed by atoms with Gasteiger partial charge in [-0.15, -0.1) is 0 Å². The number of aliphatic hydroxyl groups excluding tert-OH is 1. The van der Waals surface area contributed by atoms with Crippen LogP contribution in [0.3, 0.4) is 0 Å². The second-order valence-corrected chi connectivity index (χ2v) is 16.3. The highest BCUT2D eigenvalue weighted by Gasteiger charge is 2.28. The van der Waals surface area contributed by atoms with Crippen molar-refractivity contribution in [3.05, 3.63) is 72.9 Å². The number of amides is 1. The monoisotopic (exact) mass is 850 g/mol. The maximum absolute atomic E-state index is 12.3. The van der Waals surface area contributed by atoms with E-state index in [0.29, 0.717) is 12.8 Å². The maximum Gasteiger partial charge on any atom is 0.472 e. The summed E-state index contributed by atoms with van der Waals surface area (Å²) < 4.78 is 26.8. The van der Waals surface area contributed by atoms with Crippen molar-refractivity contribution in [2.75, 3.05) is 19.8 Å². The van der Waals surface area contributed by atoms with Crippen molar-refractivity contribution in [3.63, 3.8) is 0 Å². The molecule has 0 rings (SSSR count). The lowest BCUT2D eigenvalue weighted by molar-refractivity contribution is -0.147. The van der Waals surface area contributed by atoms with Crippen molar-refractivity contribution in [2.45, 2.75) is 187 Å². The highest BCUT2D eigenvalue weighted by Crippen LogP contribution is 2.43. The van der Waals surface area contributed by atoms with Gasteiger partial charge >= 0.3 is 19.8 Å². The second-order valence-electron chi connectivity index (χ2n) is 14.9. The molecule has 0 radical (unpaired) electrons. The maximum atomic E-state index is 12.3. The van der Waals surface area contributed by atoms with Gasteiger partial charge in [-0.1, -0.05) is 170 Å². The highest BCUT2D eigenvalue weighted by molar-refractivity contribution is 7.47.